The van der Waals surface area contributed by atoms with Crippen LogP contribution in [0.4, 0.5) is 0 Å². The van der Waals surface area contributed by atoms with Crippen molar-refractivity contribution in [2.45, 2.75) is 38.5 Å². The SMILES string of the molecule is Cc1cn[nH]c1C1CCN(C(=O)C2CCOc3ccccc3C2)CC1. The minimum atomic E-state index is 0.0362. The van der Waals surface area contributed by atoms with Gasteiger partial charge in [0.1, 0.15) is 5.75 Å². The number of piperidine rings is 1. The molecule has 2 aliphatic rings. The number of carbonyl (C=O) groups is 1. The topological polar surface area (TPSA) is 58.2 Å². The highest BCUT2D eigenvalue weighted by atomic mass is 16.5. The second-order valence-corrected chi connectivity index (χ2v) is 7.21. The number of nitrogens with zero attached hydrogens (tertiary/aromatic N) is 2. The molecule has 5 heteroatoms. The molecule has 4 rings (SSSR count). The van der Waals surface area contributed by atoms with Crippen molar-refractivity contribution in [2.24, 2.45) is 5.92 Å². The van der Waals surface area contributed by atoms with E-state index in [-0.39, 0.29) is 5.92 Å². The lowest BCUT2D eigenvalue weighted by Gasteiger charge is -2.34. The lowest BCUT2D eigenvalue weighted by Crippen LogP contribution is -2.42. The third-order valence-electron chi connectivity index (χ3n) is 5.59. The minimum absolute atomic E-state index is 0.0362. The van der Waals surface area contributed by atoms with Gasteiger partial charge in [0.15, 0.2) is 0 Å². The number of carbonyl (C=O) groups excluding carboxylic acids is 1. The van der Waals surface area contributed by atoms with Crippen LogP contribution in [0.1, 0.15) is 42.0 Å². The van der Waals surface area contributed by atoms with Crippen LogP contribution >= 0.6 is 0 Å². The van der Waals surface area contributed by atoms with Crippen molar-refractivity contribution in [3.05, 3.63) is 47.3 Å². The fourth-order valence-electron chi connectivity index (χ4n) is 4.12. The number of para-hydroxylation sites is 1. The fraction of sp³-hybridized carbons (Fsp3) is 0.500. The summed E-state index contributed by atoms with van der Waals surface area (Å²) in [5.41, 5.74) is 3.62. The van der Waals surface area contributed by atoms with Crippen molar-refractivity contribution in [3.8, 4) is 5.75 Å². The molecule has 1 N–H and O–H groups in total. The van der Waals surface area contributed by atoms with Crippen LogP contribution in [0.5, 0.6) is 5.75 Å². The Balaban J connectivity index is 1.40. The number of fused-ring (bicyclic) bond motifs is 1. The third-order valence-corrected chi connectivity index (χ3v) is 5.59. The maximum absolute atomic E-state index is 13.0. The van der Waals surface area contributed by atoms with E-state index in [9.17, 15) is 4.79 Å². The number of aryl methyl sites for hydroxylation is 1. The smallest absolute Gasteiger partial charge is 0.226 e. The van der Waals surface area contributed by atoms with Gasteiger partial charge in [-0.1, -0.05) is 18.2 Å². The van der Waals surface area contributed by atoms with Gasteiger partial charge in [-0.3, -0.25) is 9.89 Å². The first-order valence-electron chi connectivity index (χ1n) is 9.21. The Morgan fingerprint density at radius 2 is 2.04 bits per heavy atom. The molecule has 0 saturated carbocycles. The molecule has 1 unspecified atom stereocenters. The fourth-order valence-corrected chi connectivity index (χ4v) is 4.12. The molecule has 0 aliphatic carbocycles. The summed E-state index contributed by atoms with van der Waals surface area (Å²) >= 11 is 0. The first-order valence-corrected chi connectivity index (χ1v) is 9.21. The molecule has 1 saturated heterocycles. The molecule has 1 atom stereocenters. The van der Waals surface area contributed by atoms with Gasteiger partial charge < -0.3 is 9.64 Å². The van der Waals surface area contributed by atoms with Gasteiger partial charge in [-0.2, -0.15) is 5.10 Å². The molecule has 2 aromatic rings. The van der Waals surface area contributed by atoms with E-state index in [4.69, 9.17) is 4.74 Å². The van der Waals surface area contributed by atoms with Crippen molar-refractivity contribution >= 4 is 5.91 Å². The standard InChI is InChI=1S/C20H25N3O2/c1-14-13-21-22-19(14)15-6-9-23(10-7-15)20(24)17-8-11-25-18-5-3-2-4-16(18)12-17/h2-5,13,15,17H,6-12H2,1H3,(H,21,22). The van der Waals surface area contributed by atoms with Crippen LogP contribution in [-0.2, 0) is 11.2 Å². The number of benzene rings is 1. The molecule has 25 heavy (non-hydrogen) atoms. The second kappa shape index (κ2) is 6.90. The van der Waals surface area contributed by atoms with Gasteiger partial charge in [0.25, 0.3) is 0 Å². The number of likely N-dealkylation sites (tertiary alicyclic amines) is 1. The first kappa shape index (κ1) is 16.2. The molecule has 0 bridgehead atoms. The quantitative estimate of drug-likeness (QED) is 0.915. The molecule has 0 radical (unpaired) electrons. The number of aromatic amines is 1. The molecule has 1 fully saturated rings. The van der Waals surface area contributed by atoms with Crippen molar-refractivity contribution in [3.63, 3.8) is 0 Å². The average molecular weight is 339 g/mol. The summed E-state index contributed by atoms with van der Waals surface area (Å²) in [5, 5.41) is 7.27. The number of amides is 1. The van der Waals surface area contributed by atoms with Gasteiger partial charge in [0.2, 0.25) is 5.91 Å². The molecule has 1 aromatic heterocycles. The zero-order valence-electron chi connectivity index (χ0n) is 14.7. The summed E-state index contributed by atoms with van der Waals surface area (Å²) < 4.78 is 5.81. The monoisotopic (exact) mass is 339 g/mol. The Hall–Kier alpha value is -2.30. The van der Waals surface area contributed by atoms with Crippen molar-refractivity contribution in [1.82, 2.24) is 15.1 Å². The third kappa shape index (κ3) is 3.28. The van der Waals surface area contributed by atoms with Crippen molar-refractivity contribution < 1.29 is 9.53 Å². The minimum Gasteiger partial charge on any atom is -0.493 e. The van der Waals surface area contributed by atoms with Crippen LogP contribution < -0.4 is 4.74 Å². The van der Waals surface area contributed by atoms with E-state index in [2.05, 4.69) is 28.1 Å². The van der Waals surface area contributed by atoms with E-state index >= 15 is 0 Å². The van der Waals surface area contributed by atoms with Gasteiger partial charge in [-0.25, -0.2) is 0 Å². The zero-order valence-corrected chi connectivity index (χ0v) is 14.7. The predicted molar refractivity (Wildman–Crippen MR) is 95.6 cm³/mol. The predicted octanol–water partition coefficient (Wildman–Crippen LogP) is 3.07. The lowest BCUT2D eigenvalue weighted by molar-refractivity contribution is -0.136. The van der Waals surface area contributed by atoms with Crippen LogP contribution in [0.25, 0.3) is 0 Å². The summed E-state index contributed by atoms with van der Waals surface area (Å²) in [6.45, 7) is 4.39. The molecular weight excluding hydrogens is 314 g/mol. The highest BCUT2D eigenvalue weighted by molar-refractivity contribution is 5.79. The maximum atomic E-state index is 13.0. The Morgan fingerprint density at radius 1 is 1.24 bits per heavy atom. The van der Waals surface area contributed by atoms with Crippen LogP contribution in [0, 0.1) is 12.8 Å². The second-order valence-electron chi connectivity index (χ2n) is 7.21. The van der Waals surface area contributed by atoms with Crippen molar-refractivity contribution in [1.29, 1.82) is 0 Å². The molecule has 2 aliphatic heterocycles. The number of hydrogen-bond donors (Lipinski definition) is 1. The van der Waals surface area contributed by atoms with Crippen molar-refractivity contribution in [2.75, 3.05) is 19.7 Å². The van der Waals surface area contributed by atoms with E-state index in [0.29, 0.717) is 18.4 Å². The van der Waals surface area contributed by atoms with Crippen LogP contribution in [0.15, 0.2) is 30.5 Å². The highest BCUT2D eigenvalue weighted by Crippen LogP contribution is 2.31. The van der Waals surface area contributed by atoms with Gasteiger partial charge >= 0.3 is 0 Å². The molecule has 5 nitrogen and oxygen atoms in total. The van der Waals surface area contributed by atoms with E-state index < -0.39 is 0 Å². The van der Waals surface area contributed by atoms with Crippen LogP contribution in [-0.4, -0.2) is 40.7 Å². The van der Waals surface area contributed by atoms with E-state index in [1.54, 1.807) is 0 Å². The Kier molecular flexibility index (Phi) is 4.47. The van der Waals surface area contributed by atoms with E-state index in [1.807, 2.05) is 24.4 Å². The molecule has 1 aromatic carbocycles. The van der Waals surface area contributed by atoms with Gasteiger partial charge in [0.05, 0.1) is 12.8 Å². The average Bonchev–Trinajstić information content (AvgIpc) is 2.95. The molecule has 3 heterocycles. The van der Waals surface area contributed by atoms with Crippen LogP contribution in [0.3, 0.4) is 0 Å². The van der Waals surface area contributed by atoms with E-state index in [1.165, 1.54) is 11.3 Å². The lowest BCUT2D eigenvalue weighted by atomic mass is 9.90. The molecule has 132 valence electrons. The Labute approximate surface area is 148 Å². The summed E-state index contributed by atoms with van der Waals surface area (Å²) in [6.07, 6.45) is 5.49. The molecular formula is C20H25N3O2. The number of rotatable bonds is 2. The first-order chi connectivity index (χ1) is 12.2. The number of H-pyrrole nitrogens is 1. The summed E-state index contributed by atoms with van der Waals surface area (Å²) in [4.78, 5) is 15.1. The zero-order chi connectivity index (χ0) is 17.2. The Bertz CT molecular complexity index is 747. The normalized spacial score (nSPS) is 21.3. The summed E-state index contributed by atoms with van der Waals surface area (Å²) in [6, 6.07) is 8.09. The highest BCUT2D eigenvalue weighted by Gasteiger charge is 2.31. The summed E-state index contributed by atoms with van der Waals surface area (Å²) in [7, 11) is 0. The van der Waals surface area contributed by atoms with Gasteiger partial charge in [0, 0.05) is 30.6 Å². The van der Waals surface area contributed by atoms with Gasteiger partial charge in [-0.05, 0) is 49.8 Å². The number of aromatic nitrogens is 2. The number of nitrogens with one attached hydrogen (secondary N) is 1. The maximum Gasteiger partial charge on any atom is 0.226 e. The van der Waals surface area contributed by atoms with Gasteiger partial charge in [-0.15, -0.1) is 0 Å². The molecule has 0 spiro atoms. The molecule has 1 amide bonds. The summed E-state index contributed by atoms with van der Waals surface area (Å²) in [5.74, 6) is 1.75. The number of hydrogen-bond acceptors (Lipinski definition) is 3. The van der Waals surface area contributed by atoms with Crippen LogP contribution in [0.2, 0.25) is 0 Å². The van der Waals surface area contributed by atoms with E-state index in [0.717, 1.165) is 50.1 Å². The largest absolute Gasteiger partial charge is 0.493 e. The number of ether oxygens (including phenoxy) is 1. The Morgan fingerprint density at radius 3 is 2.80 bits per heavy atom.